The zero-order valence-electron chi connectivity index (χ0n) is 12.0. The Labute approximate surface area is 113 Å². The lowest BCUT2D eigenvalue weighted by Crippen LogP contribution is -2.30. The monoisotopic (exact) mass is 262 g/mol. The van der Waals surface area contributed by atoms with Crippen molar-refractivity contribution < 1.29 is 0 Å². The van der Waals surface area contributed by atoms with E-state index in [4.69, 9.17) is 5.84 Å². The van der Waals surface area contributed by atoms with Crippen LogP contribution in [0, 0.1) is 13.8 Å². The third-order valence-corrected chi connectivity index (χ3v) is 3.33. The molecule has 0 saturated carbocycles. The largest absolute Gasteiger partial charge is 0.275 e. The van der Waals surface area contributed by atoms with Gasteiger partial charge in [-0.15, -0.1) is 0 Å². The summed E-state index contributed by atoms with van der Waals surface area (Å²) in [6.07, 6.45) is 2.82. The number of hydrazine groups is 1. The Hall–Kier alpha value is -1.66. The third-order valence-electron chi connectivity index (χ3n) is 3.33. The summed E-state index contributed by atoms with van der Waals surface area (Å²) >= 11 is 0. The Kier molecular flexibility index (Phi) is 4.01. The average Bonchev–Trinajstić information content (AvgIpc) is 2.88. The molecule has 6 nitrogen and oxygen atoms in total. The lowest BCUT2D eigenvalue weighted by atomic mass is 10.0. The minimum Gasteiger partial charge on any atom is -0.275 e. The van der Waals surface area contributed by atoms with Crippen molar-refractivity contribution >= 4 is 0 Å². The molecule has 0 aliphatic carbocycles. The molecular formula is C13H22N6. The van der Waals surface area contributed by atoms with Gasteiger partial charge in [0.1, 0.15) is 0 Å². The number of hydrogen-bond acceptors (Lipinski definition) is 4. The first kappa shape index (κ1) is 13.8. The van der Waals surface area contributed by atoms with Gasteiger partial charge in [0, 0.05) is 37.5 Å². The standard InChI is InChI=1S/C13H22N6/c1-5-19-11(6-9(2)16-19)7-13(15-14)12-8-18(4)17-10(12)3/h6,8,13,15H,5,7,14H2,1-4H3. The van der Waals surface area contributed by atoms with Crippen molar-refractivity contribution in [1.82, 2.24) is 25.0 Å². The first-order valence-corrected chi connectivity index (χ1v) is 6.54. The normalized spacial score (nSPS) is 12.9. The number of hydrogen-bond donors (Lipinski definition) is 2. The van der Waals surface area contributed by atoms with Gasteiger partial charge in [-0.3, -0.25) is 20.6 Å². The van der Waals surface area contributed by atoms with Gasteiger partial charge in [-0.05, 0) is 26.8 Å². The maximum atomic E-state index is 5.71. The van der Waals surface area contributed by atoms with Crippen LogP contribution in [-0.2, 0) is 20.0 Å². The van der Waals surface area contributed by atoms with Gasteiger partial charge in [0.05, 0.1) is 17.4 Å². The maximum Gasteiger partial charge on any atom is 0.0642 e. The van der Waals surface area contributed by atoms with Crippen molar-refractivity contribution in [2.75, 3.05) is 0 Å². The van der Waals surface area contributed by atoms with E-state index in [1.165, 1.54) is 5.69 Å². The minimum absolute atomic E-state index is 0.0510. The fourth-order valence-corrected chi connectivity index (χ4v) is 2.47. The van der Waals surface area contributed by atoms with Gasteiger partial charge in [-0.1, -0.05) is 0 Å². The van der Waals surface area contributed by atoms with E-state index in [0.29, 0.717) is 0 Å². The summed E-state index contributed by atoms with van der Waals surface area (Å²) in [6.45, 7) is 6.97. The van der Waals surface area contributed by atoms with E-state index in [-0.39, 0.29) is 6.04 Å². The van der Waals surface area contributed by atoms with Gasteiger partial charge < -0.3 is 0 Å². The van der Waals surface area contributed by atoms with Crippen molar-refractivity contribution in [3.8, 4) is 0 Å². The van der Waals surface area contributed by atoms with Gasteiger partial charge in [-0.2, -0.15) is 10.2 Å². The van der Waals surface area contributed by atoms with Gasteiger partial charge in [-0.25, -0.2) is 0 Å². The molecule has 6 heteroatoms. The Morgan fingerprint density at radius 1 is 1.37 bits per heavy atom. The van der Waals surface area contributed by atoms with E-state index in [0.717, 1.165) is 29.9 Å². The minimum atomic E-state index is 0.0510. The van der Waals surface area contributed by atoms with Gasteiger partial charge >= 0.3 is 0 Å². The molecule has 0 aliphatic heterocycles. The fraction of sp³-hybridized carbons (Fsp3) is 0.538. The van der Waals surface area contributed by atoms with E-state index >= 15 is 0 Å². The van der Waals surface area contributed by atoms with Crippen molar-refractivity contribution in [2.45, 2.75) is 39.8 Å². The first-order chi connectivity index (χ1) is 9.05. The molecule has 2 aromatic heterocycles. The van der Waals surface area contributed by atoms with E-state index in [1.54, 1.807) is 0 Å². The van der Waals surface area contributed by atoms with Crippen LogP contribution in [0.25, 0.3) is 0 Å². The molecule has 0 bridgehead atoms. The highest BCUT2D eigenvalue weighted by atomic mass is 15.3. The van der Waals surface area contributed by atoms with Crippen LogP contribution in [0.4, 0.5) is 0 Å². The smallest absolute Gasteiger partial charge is 0.0642 e. The van der Waals surface area contributed by atoms with Crippen LogP contribution in [0.2, 0.25) is 0 Å². The second-order valence-corrected chi connectivity index (χ2v) is 4.86. The molecule has 1 unspecified atom stereocenters. The predicted molar refractivity (Wildman–Crippen MR) is 74.4 cm³/mol. The molecule has 0 saturated heterocycles. The maximum absolute atomic E-state index is 5.71. The topological polar surface area (TPSA) is 73.7 Å². The number of nitrogens with one attached hydrogen (secondary N) is 1. The van der Waals surface area contributed by atoms with Crippen molar-refractivity contribution in [1.29, 1.82) is 0 Å². The van der Waals surface area contributed by atoms with Crippen molar-refractivity contribution in [3.05, 3.63) is 34.9 Å². The Balaban J connectivity index is 2.26. The molecule has 0 aliphatic rings. The highest BCUT2D eigenvalue weighted by Crippen LogP contribution is 2.20. The lowest BCUT2D eigenvalue weighted by Gasteiger charge is -2.15. The SMILES string of the molecule is CCn1nc(C)cc1CC(NN)c1cn(C)nc1C. The Morgan fingerprint density at radius 3 is 2.63 bits per heavy atom. The summed E-state index contributed by atoms with van der Waals surface area (Å²) in [5.74, 6) is 5.71. The molecule has 0 radical (unpaired) electrons. The molecule has 19 heavy (non-hydrogen) atoms. The molecule has 2 aromatic rings. The van der Waals surface area contributed by atoms with E-state index in [1.807, 2.05) is 36.5 Å². The first-order valence-electron chi connectivity index (χ1n) is 6.54. The molecule has 2 heterocycles. The second kappa shape index (κ2) is 5.54. The Morgan fingerprint density at radius 2 is 2.11 bits per heavy atom. The zero-order valence-corrected chi connectivity index (χ0v) is 12.0. The highest BCUT2D eigenvalue weighted by molar-refractivity contribution is 5.23. The van der Waals surface area contributed by atoms with Crippen LogP contribution in [0.5, 0.6) is 0 Å². The van der Waals surface area contributed by atoms with Crippen molar-refractivity contribution in [2.24, 2.45) is 12.9 Å². The number of nitrogens with zero attached hydrogens (tertiary/aromatic N) is 4. The summed E-state index contributed by atoms with van der Waals surface area (Å²) in [5, 5.41) is 8.83. The average molecular weight is 262 g/mol. The van der Waals surface area contributed by atoms with Crippen molar-refractivity contribution in [3.63, 3.8) is 0 Å². The number of rotatable bonds is 5. The van der Waals surface area contributed by atoms with Gasteiger partial charge in [0.25, 0.3) is 0 Å². The quantitative estimate of drug-likeness (QED) is 0.623. The van der Waals surface area contributed by atoms with Crippen LogP contribution in [-0.4, -0.2) is 19.6 Å². The lowest BCUT2D eigenvalue weighted by molar-refractivity contribution is 0.515. The number of aromatic nitrogens is 4. The fourth-order valence-electron chi connectivity index (χ4n) is 2.47. The molecule has 0 amide bonds. The van der Waals surface area contributed by atoms with Crippen LogP contribution >= 0.6 is 0 Å². The number of aryl methyl sites for hydroxylation is 4. The molecule has 0 spiro atoms. The summed E-state index contributed by atoms with van der Waals surface area (Å²) in [6, 6.07) is 2.16. The third kappa shape index (κ3) is 2.85. The molecule has 0 fully saturated rings. The zero-order chi connectivity index (χ0) is 14.0. The van der Waals surface area contributed by atoms with Crippen LogP contribution in [0.3, 0.4) is 0 Å². The van der Waals surface area contributed by atoms with Gasteiger partial charge in [0.15, 0.2) is 0 Å². The predicted octanol–water partition coefficient (Wildman–Crippen LogP) is 1.00. The van der Waals surface area contributed by atoms with Crippen LogP contribution in [0.1, 0.15) is 35.6 Å². The number of nitrogens with two attached hydrogens (primary N) is 1. The summed E-state index contributed by atoms with van der Waals surface area (Å²) in [7, 11) is 1.92. The highest BCUT2D eigenvalue weighted by Gasteiger charge is 2.18. The van der Waals surface area contributed by atoms with E-state index in [2.05, 4.69) is 28.6 Å². The Bertz CT molecular complexity index is 553. The van der Waals surface area contributed by atoms with E-state index in [9.17, 15) is 0 Å². The molecule has 1 atom stereocenters. The summed E-state index contributed by atoms with van der Waals surface area (Å²) < 4.78 is 3.84. The van der Waals surface area contributed by atoms with E-state index < -0.39 is 0 Å². The molecular weight excluding hydrogens is 240 g/mol. The molecule has 0 aromatic carbocycles. The molecule has 3 N–H and O–H groups in total. The van der Waals surface area contributed by atoms with Crippen LogP contribution < -0.4 is 11.3 Å². The molecule has 104 valence electrons. The summed E-state index contributed by atoms with van der Waals surface area (Å²) in [4.78, 5) is 0. The molecule has 2 rings (SSSR count). The second-order valence-electron chi connectivity index (χ2n) is 4.86. The van der Waals surface area contributed by atoms with Crippen LogP contribution in [0.15, 0.2) is 12.3 Å². The van der Waals surface area contributed by atoms with Gasteiger partial charge in [0.2, 0.25) is 0 Å². The summed E-state index contributed by atoms with van der Waals surface area (Å²) in [5.41, 5.74) is 7.25.